The molecule has 2 aliphatic rings. The van der Waals surface area contributed by atoms with E-state index in [2.05, 4.69) is 20.6 Å². The van der Waals surface area contributed by atoms with Crippen molar-refractivity contribution in [2.45, 2.75) is 50.3 Å². The molecule has 1 aromatic heterocycles. The van der Waals surface area contributed by atoms with Crippen molar-refractivity contribution in [1.82, 2.24) is 20.2 Å². The van der Waals surface area contributed by atoms with Gasteiger partial charge in [-0.05, 0) is 38.1 Å². The Bertz CT molecular complexity index is 1270. The van der Waals surface area contributed by atoms with Crippen LogP contribution in [0, 0.1) is 5.82 Å². The van der Waals surface area contributed by atoms with E-state index in [1.807, 2.05) is 11.9 Å². The summed E-state index contributed by atoms with van der Waals surface area (Å²) in [7, 11) is 3.50. The molecule has 3 aromatic rings. The Morgan fingerprint density at radius 2 is 2.00 bits per heavy atom. The van der Waals surface area contributed by atoms with Crippen molar-refractivity contribution in [2.24, 2.45) is 0 Å². The minimum atomic E-state index is -0.563. The Hall–Kier alpha value is -3.17. The number of aromatic nitrogens is 2. The van der Waals surface area contributed by atoms with E-state index >= 15 is 0 Å². The number of likely N-dealkylation sites (N-methyl/N-ethyl adjacent to an activating group) is 1. The normalized spacial score (nSPS) is 20.6. The van der Waals surface area contributed by atoms with Gasteiger partial charge in [-0.1, -0.05) is 30.5 Å². The summed E-state index contributed by atoms with van der Waals surface area (Å²) < 4.78 is 26.4. The highest BCUT2D eigenvalue weighted by molar-refractivity contribution is 6.31. The van der Waals surface area contributed by atoms with Crippen LogP contribution in [0.5, 0.6) is 11.5 Å². The summed E-state index contributed by atoms with van der Waals surface area (Å²) in [6.07, 6.45) is 6.20. The highest BCUT2D eigenvalue weighted by Crippen LogP contribution is 2.37. The van der Waals surface area contributed by atoms with Gasteiger partial charge in [-0.15, -0.1) is 0 Å². The maximum absolute atomic E-state index is 14.5. The Morgan fingerprint density at radius 3 is 2.78 bits per heavy atom. The van der Waals surface area contributed by atoms with Crippen molar-refractivity contribution >= 4 is 39.9 Å². The molecular formula is C26H29ClFN5O3. The predicted octanol–water partition coefficient (Wildman–Crippen LogP) is 4.68. The summed E-state index contributed by atoms with van der Waals surface area (Å²) in [4.78, 5) is 23.5. The molecule has 36 heavy (non-hydrogen) atoms. The Kier molecular flexibility index (Phi) is 7.11. The molecule has 1 saturated carbocycles. The fourth-order valence-electron chi connectivity index (χ4n) is 5.03. The average Bonchev–Trinajstić information content (AvgIpc) is 3.51. The minimum Gasteiger partial charge on any atom is -0.493 e. The van der Waals surface area contributed by atoms with E-state index in [-0.39, 0.29) is 34.8 Å². The maximum atomic E-state index is 14.5. The standard InChI is InChI=1S/C26H29ClFN5O3/c1-33-13-16(10-21(33)26(34)31-15-6-3-4-7-15)36-23-11-17-20(12-22(23)35-2)29-14-30-25(17)32-19-9-5-8-18(27)24(19)28/h5,8-9,11-12,14-16,21H,3-4,6-7,10,13H2,1-2H3,(H,31,34)(H,29,30,32)/t16-,21+/m0/s1. The lowest BCUT2D eigenvalue weighted by Gasteiger charge is -2.20. The molecule has 2 N–H and O–H groups in total. The molecule has 5 rings (SSSR count). The number of amides is 1. The lowest BCUT2D eigenvalue weighted by molar-refractivity contribution is -0.125. The fourth-order valence-corrected chi connectivity index (χ4v) is 5.21. The van der Waals surface area contributed by atoms with Crippen LogP contribution < -0.4 is 20.1 Å². The summed E-state index contributed by atoms with van der Waals surface area (Å²) in [6.45, 7) is 0.605. The first kappa shape index (κ1) is 24.5. The van der Waals surface area contributed by atoms with Crippen LogP contribution in [0.15, 0.2) is 36.7 Å². The second-order valence-electron chi connectivity index (χ2n) is 9.39. The molecule has 1 amide bonds. The fraction of sp³-hybridized carbons (Fsp3) is 0.423. The summed E-state index contributed by atoms with van der Waals surface area (Å²) in [5.74, 6) is 0.925. The molecule has 0 spiro atoms. The maximum Gasteiger partial charge on any atom is 0.237 e. The number of nitrogens with one attached hydrogen (secondary N) is 2. The number of nitrogens with zero attached hydrogens (tertiary/aromatic N) is 3. The molecule has 0 unspecified atom stereocenters. The van der Waals surface area contributed by atoms with E-state index in [4.69, 9.17) is 21.1 Å². The molecule has 1 saturated heterocycles. The van der Waals surface area contributed by atoms with Crippen molar-refractivity contribution in [3.8, 4) is 11.5 Å². The first-order valence-corrected chi connectivity index (χ1v) is 12.5. The molecule has 8 nitrogen and oxygen atoms in total. The molecule has 10 heteroatoms. The van der Waals surface area contributed by atoms with Crippen LogP contribution >= 0.6 is 11.6 Å². The zero-order valence-corrected chi connectivity index (χ0v) is 21.0. The highest BCUT2D eigenvalue weighted by Gasteiger charge is 2.37. The molecule has 2 aromatic carbocycles. The van der Waals surface area contributed by atoms with Crippen molar-refractivity contribution < 1.29 is 18.7 Å². The summed E-state index contributed by atoms with van der Waals surface area (Å²) in [6, 6.07) is 8.30. The number of hydrogen-bond acceptors (Lipinski definition) is 7. The second kappa shape index (κ2) is 10.4. The number of methoxy groups -OCH3 is 1. The SMILES string of the molecule is COc1cc2ncnc(Nc3cccc(Cl)c3F)c2cc1O[C@H]1C[C@H](C(=O)NC2CCCC2)N(C)C1. The van der Waals surface area contributed by atoms with Gasteiger partial charge in [0.05, 0.1) is 29.4 Å². The summed E-state index contributed by atoms with van der Waals surface area (Å²) in [5.41, 5.74) is 0.811. The van der Waals surface area contributed by atoms with E-state index in [1.165, 1.54) is 25.2 Å². The lowest BCUT2D eigenvalue weighted by Crippen LogP contribution is -2.44. The third-order valence-corrected chi connectivity index (χ3v) is 7.22. The molecule has 0 bridgehead atoms. The van der Waals surface area contributed by atoms with Crippen molar-refractivity contribution in [3.63, 3.8) is 0 Å². The Balaban J connectivity index is 1.37. The Labute approximate surface area is 214 Å². The number of carbonyl (C=O) groups is 1. The molecular weight excluding hydrogens is 485 g/mol. The van der Waals surface area contributed by atoms with Gasteiger partial charge in [0.25, 0.3) is 0 Å². The Morgan fingerprint density at radius 1 is 1.19 bits per heavy atom. The van der Waals surface area contributed by atoms with Crippen LogP contribution in [0.25, 0.3) is 10.9 Å². The van der Waals surface area contributed by atoms with Gasteiger partial charge in [0.15, 0.2) is 17.3 Å². The number of hydrogen-bond donors (Lipinski definition) is 2. The number of likely N-dealkylation sites (tertiary alicyclic amines) is 1. The van der Waals surface area contributed by atoms with Crippen LogP contribution in [-0.2, 0) is 4.79 Å². The van der Waals surface area contributed by atoms with Crippen LogP contribution in [0.4, 0.5) is 15.9 Å². The van der Waals surface area contributed by atoms with E-state index in [0.29, 0.717) is 41.2 Å². The first-order chi connectivity index (χ1) is 17.4. The average molecular weight is 514 g/mol. The summed E-state index contributed by atoms with van der Waals surface area (Å²) in [5, 5.41) is 6.85. The number of rotatable bonds is 7. The van der Waals surface area contributed by atoms with Gasteiger partial charge in [-0.25, -0.2) is 14.4 Å². The van der Waals surface area contributed by atoms with E-state index < -0.39 is 5.82 Å². The molecule has 1 aliphatic carbocycles. The van der Waals surface area contributed by atoms with Crippen LogP contribution in [0.2, 0.25) is 5.02 Å². The highest BCUT2D eigenvalue weighted by atomic mass is 35.5. The number of fused-ring (bicyclic) bond motifs is 1. The van der Waals surface area contributed by atoms with Crippen LogP contribution in [0.1, 0.15) is 32.1 Å². The molecule has 1 aliphatic heterocycles. The monoisotopic (exact) mass is 513 g/mol. The third-order valence-electron chi connectivity index (χ3n) is 6.93. The minimum absolute atomic E-state index is 0.0147. The number of carbonyl (C=O) groups excluding carboxylic acids is 1. The molecule has 0 radical (unpaired) electrons. The first-order valence-electron chi connectivity index (χ1n) is 12.1. The number of ether oxygens (including phenoxy) is 2. The zero-order valence-electron chi connectivity index (χ0n) is 20.3. The van der Waals surface area contributed by atoms with Crippen molar-refractivity contribution in [3.05, 3.63) is 47.5 Å². The van der Waals surface area contributed by atoms with Crippen molar-refractivity contribution in [2.75, 3.05) is 26.0 Å². The van der Waals surface area contributed by atoms with Crippen LogP contribution in [0.3, 0.4) is 0 Å². The van der Waals surface area contributed by atoms with Gasteiger partial charge < -0.3 is 20.1 Å². The predicted molar refractivity (Wildman–Crippen MR) is 137 cm³/mol. The molecule has 2 fully saturated rings. The number of anilines is 2. The van der Waals surface area contributed by atoms with Gasteiger partial charge in [0, 0.05) is 30.5 Å². The summed E-state index contributed by atoms with van der Waals surface area (Å²) >= 11 is 5.93. The second-order valence-corrected chi connectivity index (χ2v) is 9.80. The molecule has 2 heterocycles. The van der Waals surface area contributed by atoms with E-state index in [9.17, 15) is 9.18 Å². The number of halogens is 2. The lowest BCUT2D eigenvalue weighted by atomic mass is 10.1. The van der Waals surface area contributed by atoms with E-state index in [1.54, 1.807) is 31.4 Å². The van der Waals surface area contributed by atoms with Gasteiger partial charge >= 0.3 is 0 Å². The van der Waals surface area contributed by atoms with Crippen LogP contribution in [-0.4, -0.2) is 59.7 Å². The quantitative estimate of drug-likeness (QED) is 0.474. The molecule has 190 valence electrons. The van der Waals surface area contributed by atoms with E-state index in [0.717, 1.165) is 12.8 Å². The third kappa shape index (κ3) is 5.03. The van der Waals surface area contributed by atoms with Gasteiger partial charge in [-0.3, -0.25) is 9.69 Å². The van der Waals surface area contributed by atoms with Gasteiger partial charge in [0.2, 0.25) is 5.91 Å². The van der Waals surface area contributed by atoms with Gasteiger partial charge in [-0.2, -0.15) is 0 Å². The van der Waals surface area contributed by atoms with Gasteiger partial charge in [0.1, 0.15) is 18.2 Å². The smallest absolute Gasteiger partial charge is 0.237 e. The largest absolute Gasteiger partial charge is 0.493 e. The van der Waals surface area contributed by atoms with Crippen molar-refractivity contribution in [1.29, 1.82) is 0 Å². The topological polar surface area (TPSA) is 88.6 Å². The molecule has 2 atom stereocenters. The number of benzene rings is 2. The zero-order chi connectivity index (χ0) is 25.2.